The van der Waals surface area contributed by atoms with Crippen molar-refractivity contribution in [2.75, 3.05) is 18.0 Å². The molecule has 1 aromatic carbocycles. The fraction of sp³-hybridized carbons (Fsp3) is 0.333. The first-order valence-corrected chi connectivity index (χ1v) is 9.33. The summed E-state index contributed by atoms with van der Waals surface area (Å²) in [4.78, 5) is 19.7. The number of hydrogen-bond acceptors (Lipinski definition) is 5. The summed E-state index contributed by atoms with van der Waals surface area (Å²) < 4.78 is 26.5. The molecule has 2 aromatic heterocycles. The van der Waals surface area contributed by atoms with Crippen LogP contribution in [0, 0.1) is 5.82 Å². The lowest BCUT2D eigenvalue weighted by Crippen LogP contribution is -2.49. The number of nitrogens with zero attached hydrogens (tertiary/aromatic N) is 5. The SMILES string of the molecule is C[C@H](Cc1nc(Cc2cnccn2)cc(N2CC(F)C2)n1)c1ccc(F)cc1. The summed E-state index contributed by atoms with van der Waals surface area (Å²) in [6, 6.07) is 8.39. The van der Waals surface area contributed by atoms with Crippen LogP contribution < -0.4 is 4.90 Å². The van der Waals surface area contributed by atoms with E-state index in [2.05, 4.69) is 21.9 Å². The van der Waals surface area contributed by atoms with Crippen molar-refractivity contribution in [2.24, 2.45) is 0 Å². The third kappa shape index (κ3) is 4.30. The highest BCUT2D eigenvalue weighted by atomic mass is 19.1. The second kappa shape index (κ2) is 7.96. The van der Waals surface area contributed by atoms with Gasteiger partial charge in [0.05, 0.1) is 24.5 Å². The molecule has 144 valence electrons. The van der Waals surface area contributed by atoms with Gasteiger partial charge in [-0.2, -0.15) is 0 Å². The zero-order chi connectivity index (χ0) is 19.5. The third-order valence-corrected chi connectivity index (χ3v) is 4.88. The van der Waals surface area contributed by atoms with Crippen LogP contribution in [0.1, 0.15) is 35.6 Å². The van der Waals surface area contributed by atoms with Gasteiger partial charge in [-0.1, -0.05) is 19.1 Å². The van der Waals surface area contributed by atoms with Crippen LogP contribution in [0.4, 0.5) is 14.6 Å². The Bertz CT molecular complexity index is 927. The summed E-state index contributed by atoms with van der Waals surface area (Å²) in [7, 11) is 0. The van der Waals surface area contributed by atoms with Crippen LogP contribution in [0.2, 0.25) is 0 Å². The minimum Gasteiger partial charge on any atom is -0.351 e. The molecule has 3 aromatic rings. The van der Waals surface area contributed by atoms with Crippen molar-refractivity contribution in [1.82, 2.24) is 19.9 Å². The van der Waals surface area contributed by atoms with E-state index in [0.29, 0.717) is 31.8 Å². The number of alkyl halides is 1. The van der Waals surface area contributed by atoms with Gasteiger partial charge in [0.2, 0.25) is 0 Å². The minimum absolute atomic E-state index is 0.130. The summed E-state index contributed by atoms with van der Waals surface area (Å²) in [5.74, 6) is 1.31. The Balaban J connectivity index is 1.58. The van der Waals surface area contributed by atoms with Crippen LogP contribution in [0.15, 0.2) is 48.9 Å². The number of rotatable bonds is 6. The maximum Gasteiger partial charge on any atom is 0.135 e. The van der Waals surface area contributed by atoms with Crippen molar-refractivity contribution in [3.63, 3.8) is 0 Å². The first kappa shape index (κ1) is 18.4. The van der Waals surface area contributed by atoms with Crippen LogP contribution in [0.25, 0.3) is 0 Å². The molecule has 0 saturated carbocycles. The molecule has 0 radical (unpaired) electrons. The maximum absolute atomic E-state index is 13.3. The Morgan fingerprint density at radius 1 is 1.11 bits per heavy atom. The summed E-state index contributed by atoms with van der Waals surface area (Å²) in [5.41, 5.74) is 2.67. The van der Waals surface area contributed by atoms with Crippen molar-refractivity contribution >= 4 is 5.82 Å². The summed E-state index contributed by atoms with van der Waals surface area (Å²) in [6.07, 6.45) is 5.34. The lowest BCUT2D eigenvalue weighted by Gasteiger charge is -2.35. The molecule has 5 nitrogen and oxygen atoms in total. The van der Waals surface area contributed by atoms with Gasteiger partial charge in [-0.25, -0.2) is 18.7 Å². The van der Waals surface area contributed by atoms with E-state index < -0.39 is 6.17 Å². The van der Waals surface area contributed by atoms with Gasteiger partial charge in [0, 0.05) is 37.5 Å². The molecule has 1 aliphatic heterocycles. The zero-order valence-electron chi connectivity index (χ0n) is 15.6. The van der Waals surface area contributed by atoms with E-state index in [1.54, 1.807) is 30.7 Å². The fourth-order valence-corrected chi connectivity index (χ4v) is 3.28. The fourth-order valence-electron chi connectivity index (χ4n) is 3.28. The van der Waals surface area contributed by atoms with E-state index in [1.807, 2.05) is 11.0 Å². The smallest absolute Gasteiger partial charge is 0.135 e. The monoisotopic (exact) mass is 381 g/mol. The van der Waals surface area contributed by atoms with E-state index in [-0.39, 0.29) is 11.7 Å². The molecule has 0 bridgehead atoms. The first-order chi connectivity index (χ1) is 13.6. The Labute approximate surface area is 162 Å². The van der Waals surface area contributed by atoms with Gasteiger partial charge in [-0.3, -0.25) is 9.97 Å². The molecule has 0 unspecified atom stereocenters. The van der Waals surface area contributed by atoms with E-state index >= 15 is 0 Å². The number of anilines is 1. The molecular weight excluding hydrogens is 360 g/mol. The van der Waals surface area contributed by atoms with Gasteiger partial charge in [0.15, 0.2) is 0 Å². The van der Waals surface area contributed by atoms with Crippen molar-refractivity contribution in [1.29, 1.82) is 0 Å². The summed E-state index contributed by atoms with van der Waals surface area (Å²) in [6.45, 7) is 2.77. The van der Waals surface area contributed by atoms with Gasteiger partial charge >= 0.3 is 0 Å². The highest BCUT2D eigenvalue weighted by Gasteiger charge is 2.28. The average Bonchev–Trinajstić information content (AvgIpc) is 2.66. The molecule has 7 heteroatoms. The van der Waals surface area contributed by atoms with Crippen molar-refractivity contribution < 1.29 is 8.78 Å². The summed E-state index contributed by atoms with van der Waals surface area (Å²) >= 11 is 0. The molecule has 1 aliphatic rings. The van der Waals surface area contributed by atoms with Crippen LogP contribution in [0.5, 0.6) is 0 Å². The molecule has 0 amide bonds. The molecule has 4 rings (SSSR count). The number of aromatic nitrogens is 4. The van der Waals surface area contributed by atoms with Gasteiger partial charge in [-0.15, -0.1) is 0 Å². The Hall–Kier alpha value is -2.96. The summed E-state index contributed by atoms with van der Waals surface area (Å²) in [5, 5.41) is 0. The van der Waals surface area contributed by atoms with E-state index in [4.69, 9.17) is 4.98 Å². The predicted octanol–water partition coefficient (Wildman–Crippen LogP) is 3.50. The lowest BCUT2D eigenvalue weighted by atomic mass is 9.97. The number of halogens is 2. The van der Waals surface area contributed by atoms with Crippen molar-refractivity contribution in [3.05, 3.63) is 77.5 Å². The molecule has 0 aliphatic carbocycles. The first-order valence-electron chi connectivity index (χ1n) is 9.33. The normalized spacial score (nSPS) is 15.3. The third-order valence-electron chi connectivity index (χ3n) is 4.88. The quantitative estimate of drug-likeness (QED) is 0.654. The molecule has 1 fully saturated rings. The molecule has 1 atom stereocenters. The molecule has 0 spiro atoms. The average molecular weight is 381 g/mol. The Kier molecular flexibility index (Phi) is 5.23. The van der Waals surface area contributed by atoms with Crippen molar-refractivity contribution in [3.8, 4) is 0 Å². The molecule has 28 heavy (non-hydrogen) atoms. The molecular formula is C21H21F2N5. The van der Waals surface area contributed by atoms with Crippen LogP contribution in [0.3, 0.4) is 0 Å². The highest BCUT2D eigenvalue weighted by Crippen LogP contribution is 2.25. The number of hydrogen-bond donors (Lipinski definition) is 0. The molecule has 3 heterocycles. The van der Waals surface area contributed by atoms with Crippen LogP contribution in [-0.2, 0) is 12.8 Å². The van der Waals surface area contributed by atoms with E-state index in [9.17, 15) is 8.78 Å². The van der Waals surface area contributed by atoms with E-state index in [1.165, 1.54) is 12.1 Å². The lowest BCUT2D eigenvalue weighted by molar-refractivity contribution is 0.273. The van der Waals surface area contributed by atoms with Gasteiger partial charge in [0.1, 0.15) is 23.6 Å². The van der Waals surface area contributed by atoms with E-state index in [0.717, 1.165) is 22.8 Å². The second-order valence-corrected chi connectivity index (χ2v) is 7.17. The highest BCUT2D eigenvalue weighted by molar-refractivity contribution is 5.44. The van der Waals surface area contributed by atoms with Crippen LogP contribution >= 0.6 is 0 Å². The predicted molar refractivity (Wildman–Crippen MR) is 102 cm³/mol. The standard InChI is InChI=1S/C21H21F2N5/c1-14(15-2-4-16(22)5-3-15)8-20-26-18(9-19-11-24-6-7-25-19)10-21(27-20)28-12-17(23)13-28/h2-7,10-11,14,17H,8-9,12-13H2,1H3/t14-/m1/s1. The Morgan fingerprint density at radius 2 is 1.89 bits per heavy atom. The van der Waals surface area contributed by atoms with Gasteiger partial charge in [-0.05, 0) is 23.6 Å². The zero-order valence-corrected chi connectivity index (χ0v) is 15.6. The van der Waals surface area contributed by atoms with Gasteiger partial charge in [0.25, 0.3) is 0 Å². The largest absolute Gasteiger partial charge is 0.351 e. The van der Waals surface area contributed by atoms with Crippen LogP contribution in [-0.4, -0.2) is 39.2 Å². The minimum atomic E-state index is -0.806. The maximum atomic E-state index is 13.3. The topological polar surface area (TPSA) is 54.8 Å². The second-order valence-electron chi connectivity index (χ2n) is 7.17. The van der Waals surface area contributed by atoms with Crippen molar-refractivity contribution in [2.45, 2.75) is 31.9 Å². The molecule has 1 saturated heterocycles. The Morgan fingerprint density at radius 3 is 2.57 bits per heavy atom. The molecule has 0 N–H and O–H groups in total. The van der Waals surface area contributed by atoms with Gasteiger partial charge < -0.3 is 4.90 Å². The number of benzene rings is 1.